The number of anilines is 1. The van der Waals surface area contributed by atoms with E-state index in [0.717, 1.165) is 60.5 Å². The van der Waals surface area contributed by atoms with Gasteiger partial charge in [0.25, 0.3) is 0 Å². The lowest BCUT2D eigenvalue weighted by molar-refractivity contribution is -0.141. The van der Waals surface area contributed by atoms with Crippen LogP contribution in [0, 0.1) is 0 Å². The molecule has 1 saturated heterocycles. The van der Waals surface area contributed by atoms with Crippen LogP contribution >= 0.6 is 11.3 Å². The number of piperazine rings is 1. The summed E-state index contributed by atoms with van der Waals surface area (Å²) in [6.45, 7) is 9.25. The Morgan fingerprint density at radius 3 is 2.43 bits per heavy atom. The summed E-state index contributed by atoms with van der Waals surface area (Å²) in [5, 5.41) is 9.95. The predicted molar refractivity (Wildman–Crippen MR) is 137 cm³/mol. The van der Waals surface area contributed by atoms with Crippen molar-refractivity contribution in [3.63, 3.8) is 0 Å². The van der Waals surface area contributed by atoms with Crippen LogP contribution in [0.25, 0.3) is 20.8 Å². The van der Waals surface area contributed by atoms with Gasteiger partial charge in [0.2, 0.25) is 11.3 Å². The van der Waals surface area contributed by atoms with Crippen LogP contribution in [0.1, 0.15) is 39.5 Å². The van der Waals surface area contributed by atoms with Gasteiger partial charge < -0.3 is 38.9 Å². The Hall–Kier alpha value is -2.27. The molecular weight excluding hydrogens is 575 g/mol. The minimum atomic E-state index is -0.930. The Kier molecular flexibility index (Phi) is 9.85. The molecule has 0 aromatic heterocycles. The van der Waals surface area contributed by atoms with Crippen molar-refractivity contribution in [1.82, 2.24) is 14.5 Å². The van der Waals surface area contributed by atoms with E-state index in [0.29, 0.717) is 13.1 Å². The summed E-state index contributed by atoms with van der Waals surface area (Å²) in [6, 6.07) is 13.0. The van der Waals surface area contributed by atoms with E-state index in [-0.39, 0.29) is 42.7 Å². The van der Waals surface area contributed by atoms with Crippen LogP contribution in [0.3, 0.4) is 0 Å². The van der Waals surface area contributed by atoms with E-state index in [1.54, 1.807) is 16.2 Å². The number of aliphatic carboxylic acids is 1. The summed E-state index contributed by atoms with van der Waals surface area (Å²) in [6.07, 6.45) is 2.21. The topological polar surface area (TPSA) is 76.8 Å². The molecule has 0 bridgehead atoms. The number of aromatic nitrogens is 1. The molecule has 0 atom stereocenters. The quantitative estimate of drug-likeness (QED) is 0.229. The van der Waals surface area contributed by atoms with Gasteiger partial charge in [-0.3, -0.25) is 9.59 Å². The number of hydrogen-bond donors (Lipinski definition) is 1. The standard InChI is InChI=1S/C26H32N4O3S.HI/c1-3-11-28(12-4-2)19-5-7-21-23(17-19)34-24-18-20(6-8-22(24)27-21)29-13-15-30(16-14-29)25(31)9-10-26(32)33;/h5-8,17-18H,3-4,9-16H2,1-2H3;1H. The van der Waals surface area contributed by atoms with E-state index in [1.807, 2.05) is 0 Å². The van der Waals surface area contributed by atoms with Gasteiger partial charge in [0, 0.05) is 37.3 Å². The zero-order chi connectivity index (χ0) is 24.1. The molecule has 1 amide bonds. The SMILES string of the molecule is CCCN(CCC)c1ccc2nc3ccc(=[N+]4CCN(C(=O)CCC(=O)O)CC4)cc-3sc2c1.[I-]. The van der Waals surface area contributed by atoms with E-state index in [4.69, 9.17) is 10.1 Å². The second-order valence-electron chi connectivity index (χ2n) is 8.77. The van der Waals surface area contributed by atoms with Crippen molar-refractivity contribution in [2.75, 3.05) is 44.2 Å². The molecule has 1 aliphatic carbocycles. The molecule has 2 heterocycles. The molecule has 0 saturated carbocycles. The molecule has 4 rings (SSSR count). The second kappa shape index (κ2) is 12.6. The van der Waals surface area contributed by atoms with Gasteiger partial charge in [-0.15, -0.1) is 11.3 Å². The van der Waals surface area contributed by atoms with Gasteiger partial charge in [-0.25, -0.2) is 9.56 Å². The first-order valence-corrected chi connectivity index (χ1v) is 13.0. The lowest BCUT2D eigenvalue weighted by Crippen LogP contribution is -3.00. The maximum Gasteiger partial charge on any atom is 0.303 e. The number of carboxylic acid groups (broad SMARTS) is 1. The van der Waals surface area contributed by atoms with Gasteiger partial charge in [-0.05, 0) is 37.1 Å². The number of carbonyl (C=O) groups is 2. The molecular formula is C26H33IN4O3S. The number of carboxylic acids is 1. The zero-order valence-electron chi connectivity index (χ0n) is 20.4. The Balaban J connectivity index is 0.00000342. The first kappa shape index (κ1) is 27.3. The molecule has 0 unspecified atom stereocenters. The number of benzene rings is 2. The molecule has 2 aliphatic heterocycles. The molecule has 3 aliphatic rings. The Bertz CT molecular complexity index is 1210. The second-order valence-corrected chi connectivity index (χ2v) is 9.85. The minimum Gasteiger partial charge on any atom is -1.00 e. The average Bonchev–Trinajstić information content (AvgIpc) is 2.85. The van der Waals surface area contributed by atoms with Crippen molar-refractivity contribution in [3.8, 4) is 10.6 Å². The van der Waals surface area contributed by atoms with E-state index in [9.17, 15) is 9.59 Å². The third-order valence-corrected chi connectivity index (χ3v) is 7.34. The van der Waals surface area contributed by atoms with Crippen molar-refractivity contribution >= 4 is 39.1 Å². The normalized spacial score (nSPS) is 13.7. The molecule has 35 heavy (non-hydrogen) atoms. The fourth-order valence-corrected chi connectivity index (χ4v) is 5.52. The van der Waals surface area contributed by atoms with Gasteiger partial charge >= 0.3 is 5.97 Å². The van der Waals surface area contributed by atoms with E-state index in [2.05, 4.69) is 59.7 Å². The highest BCUT2D eigenvalue weighted by Crippen LogP contribution is 2.32. The largest absolute Gasteiger partial charge is 1.00 e. The summed E-state index contributed by atoms with van der Waals surface area (Å²) < 4.78 is 3.48. The maximum absolute atomic E-state index is 12.2. The van der Waals surface area contributed by atoms with Crippen molar-refractivity contribution in [3.05, 3.63) is 41.8 Å². The van der Waals surface area contributed by atoms with Gasteiger partial charge in [-0.1, -0.05) is 13.8 Å². The summed E-state index contributed by atoms with van der Waals surface area (Å²) >= 11 is 1.78. The molecule has 1 N–H and O–H groups in total. The van der Waals surface area contributed by atoms with Crippen LogP contribution in [-0.4, -0.2) is 66.1 Å². The third kappa shape index (κ3) is 6.69. The third-order valence-electron chi connectivity index (χ3n) is 6.25. The number of halogens is 1. The number of nitrogens with zero attached hydrogens (tertiary/aromatic N) is 4. The molecule has 1 fully saturated rings. The molecule has 9 heteroatoms. The molecule has 188 valence electrons. The van der Waals surface area contributed by atoms with Crippen LogP contribution in [0.15, 0.2) is 36.4 Å². The number of carbonyl (C=O) groups excluding carboxylic acids is 1. The molecule has 1 aromatic carbocycles. The van der Waals surface area contributed by atoms with Gasteiger partial charge in [0.1, 0.15) is 0 Å². The van der Waals surface area contributed by atoms with Crippen LogP contribution in [0.4, 0.5) is 5.69 Å². The highest BCUT2D eigenvalue weighted by Gasteiger charge is 2.24. The van der Waals surface area contributed by atoms with E-state index >= 15 is 0 Å². The van der Waals surface area contributed by atoms with Crippen LogP contribution in [0.2, 0.25) is 0 Å². The Morgan fingerprint density at radius 1 is 1.06 bits per heavy atom. The summed E-state index contributed by atoms with van der Waals surface area (Å²) in [4.78, 5) is 33.2. The highest BCUT2D eigenvalue weighted by atomic mass is 127. The Morgan fingerprint density at radius 2 is 1.77 bits per heavy atom. The van der Waals surface area contributed by atoms with Gasteiger partial charge in [0.15, 0.2) is 13.1 Å². The fourth-order valence-electron chi connectivity index (χ4n) is 4.49. The lowest BCUT2D eigenvalue weighted by Gasteiger charge is -2.25. The molecule has 0 radical (unpaired) electrons. The minimum absolute atomic E-state index is 0. The van der Waals surface area contributed by atoms with Gasteiger partial charge in [-0.2, -0.15) is 0 Å². The smallest absolute Gasteiger partial charge is 0.303 e. The van der Waals surface area contributed by atoms with Crippen LogP contribution in [0.5, 0.6) is 0 Å². The van der Waals surface area contributed by atoms with E-state index < -0.39 is 5.97 Å². The van der Waals surface area contributed by atoms with E-state index in [1.165, 1.54) is 10.4 Å². The number of fused-ring (bicyclic) bond motifs is 2. The monoisotopic (exact) mass is 608 g/mol. The zero-order valence-corrected chi connectivity index (χ0v) is 23.3. The van der Waals surface area contributed by atoms with Crippen molar-refractivity contribution in [2.24, 2.45) is 0 Å². The van der Waals surface area contributed by atoms with Crippen molar-refractivity contribution in [2.45, 2.75) is 39.5 Å². The summed E-state index contributed by atoms with van der Waals surface area (Å²) in [5.41, 5.74) is 3.28. The maximum atomic E-state index is 12.2. The van der Waals surface area contributed by atoms with Crippen molar-refractivity contribution < 1.29 is 38.7 Å². The van der Waals surface area contributed by atoms with Gasteiger partial charge in [0.05, 0.1) is 40.3 Å². The van der Waals surface area contributed by atoms with Crippen LogP contribution < -0.4 is 38.8 Å². The lowest BCUT2D eigenvalue weighted by atomic mass is 10.2. The number of rotatable bonds is 8. The number of amides is 1. The molecule has 0 spiro atoms. The predicted octanol–water partition coefficient (Wildman–Crippen LogP) is 0.511. The first-order valence-electron chi connectivity index (χ1n) is 12.2. The molecule has 1 aromatic rings. The summed E-state index contributed by atoms with van der Waals surface area (Å²) in [5.74, 6) is -1.00. The highest BCUT2D eigenvalue weighted by molar-refractivity contribution is 7.21. The number of hydrogen-bond acceptors (Lipinski definition) is 5. The average molecular weight is 609 g/mol. The van der Waals surface area contributed by atoms with Crippen molar-refractivity contribution in [1.29, 1.82) is 0 Å². The fraction of sp³-hybridized carbons (Fsp3) is 0.462. The molecule has 7 nitrogen and oxygen atoms in total. The summed E-state index contributed by atoms with van der Waals surface area (Å²) in [7, 11) is 0. The Labute approximate surface area is 227 Å². The van der Waals surface area contributed by atoms with Crippen LogP contribution in [-0.2, 0) is 9.59 Å². The first-order chi connectivity index (χ1) is 16.5.